The van der Waals surface area contributed by atoms with Crippen molar-refractivity contribution in [3.8, 4) is 0 Å². The molecule has 6 heteroatoms. The van der Waals surface area contributed by atoms with E-state index in [4.69, 9.17) is 16.7 Å². The summed E-state index contributed by atoms with van der Waals surface area (Å²) in [4.78, 5) is 12.0. The molecule has 2 rings (SSSR count). The lowest BCUT2D eigenvalue weighted by molar-refractivity contribution is 0.0950. The number of aryl methyl sites for hydroxylation is 1. The number of nitrogens with zero attached hydrogens (tertiary/aromatic N) is 2. The number of benzene rings is 1. The Balaban J connectivity index is 2.06. The maximum Gasteiger partial charge on any atom is 0.254 e. The molecule has 0 saturated carbocycles. The first kappa shape index (κ1) is 15.5. The number of nitrogens with one attached hydrogen (secondary N) is 1. The number of hydrogen-bond acceptors (Lipinski definition) is 3. The van der Waals surface area contributed by atoms with Crippen LogP contribution in [0.2, 0.25) is 5.02 Å². The van der Waals surface area contributed by atoms with E-state index in [1.807, 2.05) is 24.3 Å². The second-order valence-corrected chi connectivity index (χ2v) is 5.23. The summed E-state index contributed by atoms with van der Waals surface area (Å²) < 4.78 is 1.72. The summed E-state index contributed by atoms with van der Waals surface area (Å²) in [5.41, 5.74) is 2.26. The average molecular weight is 308 g/mol. The largest absolute Gasteiger partial charge is 0.396 e. The van der Waals surface area contributed by atoms with Crippen molar-refractivity contribution in [1.29, 1.82) is 0 Å². The maximum atomic E-state index is 12.0. The number of hydrogen-bond donors (Lipinski definition) is 2. The van der Waals surface area contributed by atoms with Crippen molar-refractivity contribution in [2.75, 3.05) is 13.2 Å². The van der Waals surface area contributed by atoms with Crippen molar-refractivity contribution in [1.82, 2.24) is 15.1 Å². The molecule has 2 aromatic rings. The molecule has 21 heavy (non-hydrogen) atoms. The third-order valence-corrected chi connectivity index (χ3v) is 3.28. The third-order valence-electron chi connectivity index (χ3n) is 3.05. The molecule has 2 N–H and O–H groups in total. The SMILES string of the molecule is Cc1nn(Cc2cccc(Cl)c2)cc1C(=O)NCCCO. The number of aliphatic hydroxyl groups excluding tert-OH is 1. The van der Waals surface area contributed by atoms with Gasteiger partial charge in [-0.25, -0.2) is 0 Å². The van der Waals surface area contributed by atoms with Crippen molar-refractivity contribution >= 4 is 17.5 Å². The van der Waals surface area contributed by atoms with Gasteiger partial charge >= 0.3 is 0 Å². The van der Waals surface area contributed by atoms with Gasteiger partial charge in [-0.2, -0.15) is 5.10 Å². The third kappa shape index (κ3) is 4.31. The molecule has 0 fully saturated rings. The number of carbonyl (C=O) groups excluding carboxylic acids is 1. The van der Waals surface area contributed by atoms with Gasteiger partial charge in [0.15, 0.2) is 0 Å². The first-order valence-corrected chi connectivity index (χ1v) is 7.15. The van der Waals surface area contributed by atoms with Gasteiger partial charge in [0, 0.05) is 24.4 Å². The highest BCUT2D eigenvalue weighted by atomic mass is 35.5. The zero-order chi connectivity index (χ0) is 15.2. The Morgan fingerprint density at radius 2 is 2.29 bits per heavy atom. The van der Waals surface area contributed by atoms with Crippen LogP contribution < -0.4 is 5.32 Å². The van der Waals surface area contributed by atoms with Crippen molar-refractivity contribution in [2.45, 2.75) is 19.9 Å². The Bertz CT molecular complexity index is 625. The van der Waals surface area contributed by atoms with Crippen LogP contribution in [0, 0.1) is 6.92 Å². The van der Waals surface area contributed by atoms with E-state index in [9.17, 15) is 4.79 Å². The summed E-state index contributed by atoms with van der Waals surface area (Å²) in [6.07, 6.45) is 2.27. The van der Waals surface area contributed by atoms with Crippen molar-refractivity contribution in [3.63, 3.8) is 0 Å². The van der Waals surface area contributed by atoms with Crippen LogP contribution in [0.25, 0.3) is 0 Å². The van der Waals surface area contributed by atoms with Crippen molar-refractivity contribution in [3.05, 3.63) is 52.3 Å². The van der Waals surface area contributed by atoms with E-state index in [-0.39, 0.29) is 12.5 Å². The van der Waals surface area contributed by atoms with Gasteiger partial charge in [-0.1, -0.05) is 23.7 Å². The smallest absolute Gasteiger partial charge is 0.254 e. The van der Waals surface area contributed by atoms with Crippen molar-refractivity contribution in [2.24, 2.45) is 0 Å². The number of amides is 1. The summed E-state index contributed by atoms with van der Waals surface area (Å²) in [5.74, 6) is -0.168. The van der Waals surface area contributed by atoms with Crippen LogP contribution in [-0.4, -0.2) is 33.9 Å². The first-order valence-electron chi connectivity index (χ1n) is 6.77. The number of aliphatic hydroxyl groups is 1. The fourth-order valence-corrected chi connectivity index (χ4v) is 2.23. The molecule has 1 aromatic carbocycles. The van der Waals surface area contributed by atoms with Gasteiger partial charge in [0.1, 0.15) is 0 Å². The first-order chi connectivity index (χ1) is 10.1. The second kappa shape index (κ2) is 7.24. The molecular formula is C15H18ClN3O2. The van der Waals surface area contributed by atoms with Gasteiger partial charge in [-0.3, -0.25) is 9.48 Å². The molecule has 0 aliphatic carbocycles. The molecule has 0 bridgehead atoms. The van der Waals surface area contributed by atoms with Crippen molar-refractivity contribution < 1.29 is 9.90 Å². The van der Waals surface area contributed by atoms with Crippen LogP contribution in [0.4, 0.5) is 0 Å². The Morgan fingerprint density at radius 1 is 1.48 bits per heavy atom. The second-order valence-electron chi connectivity index (χ2n) is 4.79. The molecule has 0 atom stereocenters. The highest BCUT2D eigenvalue weighted by Gasteiger charge is 2.13. The Kier molecular flexibility index (Phi) is 5.36. The van der Waals surface area contributed by atoms with E-state index < -0.39 is 0 Å². The van der Waals surface area contributed by atoms with E-state index in [1.54, 1.807) is 17.8 Å². The van der Waals surface area contributed by atoms with E-state index in [2.05, 4.69) is 10.4 Å². The lowest BCUT2D eigenvalue weighted by Gasteiger charge is -2.02. The zero-order valence-electron chi connectivity index (χ0n) is 11.8. The highest BCUT2D eigenvalue weighted by molar-refractivity contribution is 6.30. The Morgan fingerprint density at radius 3 is 3.00 bits per heavy atom. The summed E-state index contributed by atoms with van der Waals surface area (Å²) >= 11 is 5.95. The lowest BCUT2D eigenvalue weighted by atomic mass is 10.2. The molecule has 112 valence electrons. The molecule has 5 nitrogen and oxygen atoms in total. The molecule has 0 aliphatic rings. The van der Waals surface area contributed by atoms with Gasteiger partial charge < -0.3 is 10.4 Å². The number of carbonyl (C=O) groups is 1. The van der Waals surface area contributed by atoms with Gasteiger partial charge in [0.05, 0.1) is 17.8 Å². The topological polar surface area (TPSA) is 67.2 Å². The molecule has 1 amide bonds. The summed E-state index contributed by atoms with van der Waals surface area (Å²) in [6, 6.07) is 7.54. The molecule has 1 heterocycles. The molecule has 0 saturated heterocycles. The zero-order valence-corrected chi connectivity index (χ0v) is 12.6. The van der Waals surface area contributed by atoms with Crippen LogP contribution in [0.3, 0.4) is 0 Å². The van der Waals surface area contributed by atoms with Crippen LogP contribution in [0.15, 0.2) is 30.5 Å². The van der Waals surface area contributed by atoms with Gasteiger partial charge in [0.25, 0.3) is 5.91 Å². The Labute approximate surface area is 128 Å². The van der Waals surface area contributed by atoms with E-state index >= 15 is 0 Å². The fourth-order valence-electron chi connectivity index (χ4n) is 2.02. The van der Waals surface area contributed by atoms with E-state index in [0.717, 1.165) is 5.56 Å². The van der Waals surface area contributed by atoms with E-state index in [0.29, 0.717) is 35.8 Å². The number of aromatic nitrogens is 2. The molecule has 0 spiro atoms. The number of halogens is 1. The molecule has 0 unspecified atom stereocenters. The van der Waals surface area contributed by atoms with Crippen LogP contribution in [0.5, 0.6) is 0 Å². The molecule has 0 aliphatic heterocycles. The van der Waals surface area contributed by atoms with Gasteiger partial charge in [-0.15, -0.1) is 0 Å². The summed E-state index contributed by atoms with van der Waals surface area (Å²) in [6.45, 7) is 2.88. The molecule has 1 aromatic heterocycles. The standard InChI is InChI=1S/C15H18ClN3O2/c1-11-14(15(21)17-6-3-7-20)10-19(18-11)9-12-4-2-5-13(16)8-12/h2,4-5,8,10,20H,3,6-7,9H2,1H3,(H,17,21). The maximum absolute atomic E-state index is 12.0. The minimum Gasteiger partial charge on any atom is -0.396 e. The average Bonchev–Trinajstić information content (AvgIpc) is 2.80. The van der Waals surface area contributed by atoms with Gasteiger partial charge in [0.2, 0.25) is 0 Å². The molecular weight excluding hydrogens is 290 g/mol. The predicted molar refractivity (Wildman–Crippen MR) is 81.6 cm³/mol. The minimum atomic E-state index is -0.168. The number of rotatable bonds is 6. The minimum absolute atomic E-state index is 0.0628. The highest BCUT2D eigenvalue weighted by Crippen LogP contribution is 2.13. The van der Waals surface area contributed by atoms with Crippen LogP contribution >= 0.6 is 11.6 Å². The summed E-state index contributed by atoms with van der Waals surface area (Å²) in [5, 5.41) is 16.5. The summed E-state index contributed by atoms with van der Waals surface area (Å²) in [7, 11) is 0. The van der Waals surface area contributed by atoms with Crippen LogP contribution in [0.1, 0.15) is 28.0 Å². The molecule has 0 radical (unpaired) electrons. The lowest BCUT2D eigenvalue weighted by Crippen LogP contribution is -2.25. The monoisotopic (exact) mass is 307 g/mol. The van der Waals surface area contributed by atoms with Gasteiger partial charge in [-0.05, 0) is 31.0 Å². The Hall–Kier alpha value is -1.85. The van der Waals surface area contributed by atoms with Crippen LogP contribution in [-0.2, 0) is 6.54 Å². The predicted octanol–water partition coefficient (Wildman–Crippen LogP) is 2.01. The fraction of sp³-hybridized carbons (Fsp3) is 0.333. The van der Waals surface area contributed by atoms with E-state index in [1.165, 1.54) is 0 Å². The normalized spacial score (nSPS) is 10.6. The quantitative estimate of drug-likeness (QED) is 0.802.